The summed E-state index contributed by atoms with van der Waals surface area (Å²) in [6.07, 6.45) is 4.82. The fourth-order valence-corrected chi connectivity index (χ4v) is 2.83. The lowest BCUT2D eigenvalue weighted by molar-refractivity contribution is -0.141. The normalized spacial score (nSPS) is 27.1. The Labute approximate surface area is 127 Å². The van der Waals surface area contributed by atoms with Crippen molar-refractivity contribution in [1.82, 2.24) is 4.90 Å². The first kappa shape index (κ1) is 17.7. The smallest absolute Gasteiger partial charge is 0.251 e. The van der Waals surface area contributed by atoms with Gasteiger partial charge < -0.3 is 20.1 Å². The third-order valence-electron chi connectivity index (χ3n) is 4.24. The molecule has 118 valence electrons. The molecule has 0 aliphatic carbocycles. The molecule has 0 aromatic heterocycles. The Balaban J connectivity index is 0.00000200. The Hall–Kier alpha value is -0.360. The van der Waals surface area contributed by atoms with E-state index in [1.807, 2.05) is 11.9 Å². The highest BCUT2D eigenvalue weighted by Gasteiger charge is 2.31. The van der Waals surface area contributed by atoms with Crippen LogP contribution in [0.3, 0.4) is 0 Å². The first-order valence-corrected chi connectivity index (χ1v) is 7.39. The van der Waals surface area contributed by atoms with E-state index in [9.17, 15) is 4.79 Å². The minimum Gasteiger partial charge on any atom is -0.381 e. The van der Waals surface area contributed by atoms with Gasteiger partial charge in [-0.05, 0) is 38.0 Å². The summed E-state index contributed by atoms with van der Waals surface area (Å²) in [6.45, 7) is 3.06. The fraction of sp³-hybridized carbons (Fsp3) is 0.929. The number of halogens is 1. The van der Waals surface area contributed by atoms with Gasteiger partial charge in [0.25, 0.3) is 5.91 Å². The number of amides is 1. The van der Waals surface area contributed by atoms with Crippen molar-refractivity contribution in [2.24, 2.45) is 11.7 Å². The molecule has 2 N–H and O–H groups in total. The molecule has 2 rings (SSSR count). The van der Waals surface area contributed by atoms with Crippen molar-refractivity contribution in [2.75, 3.05) is 33.4 Å². The van der Waals surface area contributed by atoms with E-state index < -0.39 is 0 Å². The molecule has 2 aliphatic rings. The van der Waals surface area contributed by atoms with E-state index >= 15 is 0 Å². The van der Waals surface area contributed by atoms with Crippen LogP contribution < -0.4 is 5.73 Å². The fourth-order valence-electron chi connectivity index (χ4n) is 2.83. The number of hydrogen-bond donors (Lipinski definition) is 1. The topological polar surface area (TPSA) is 64.8 Å². The number of ether oxygens (including phenoxy) is 2. The zero-order valence-corrected chi connectivity index (χ0v) is 13.1. The molecule has 0 unspecified atom stereocenters. The second-order valence-corrected chi connectivity index (χ2v) is 5.66. The van der Waals surface area contributed by atoms with Crippen molar-refractivity contribution in [3.63, 3.8) is 0 Å². The van der Waals surface area contributed by atoms with Crippen LogP contribution in [0.1, 0.15) is 32.1 Å². The highest BCUT2D eigenvalue weighted by atomic mass is 35.5. The molecule has 2 heterocycles. The predicted molar refractivity (Wildman–Crippen MR) is 80.0 cm³/mol. The van der Waals surface area contributed by atoms with Gasteiger partial charge in [-0.25, -0.2) is 0 Å². The van der Waals surface area contributed by atoms with Gasteiger partial charge in [-0.1, -0.05) is 0 Å². The second kappa shape index (κ2) is 8.82. The maximum Gasteiger partial charge on any atom is 0.251 e. The highest BCUT2D eigenvalue weighted by molar-refractivity contribution is 5.85. The zero-order valence-electron chi connectivity index (χ0n) is 12.3. The number of nitrogens with zero attached hydrogens (tertiary/aromatic N) is 1. The largest absolute Gasteiger partial charge is 0.381 e. The number of carbonyl (C=O) groups is 1. The van der Waals surface area contributed by atoms with E-state index in [2.05, 4.69) is 0 Å². The van der Waals surface area contributed by atoms with Crippen molar-refractivity contribution >= 4 is 18.3 Å². The van der Waals surface area contributed by atoms with Gasteiger partial charge in [0.1, 0.15) is 6.10 Å². The van der Waals surface area contributed by atoms with Crippen LogP contribution in [0.4, 0.5) is 0 Å². The maximum absolute atomic E-state index is 12.2. The van der Waals surface area contributed by atoms with E-state index in [4.69, 9.17) is 15.2 Å². The van der Waals surface area contributed by atoms with Crippen LogP contribution in [0.15, 0.2) is 0 Å². The van der Waals surface area contributed by atoms with Gasteiger partial charge in [0.15, 0.2) is 0 Å². The monoisotopic (exact) mass is 306 g/mol. The van der Waals surface area contributed by atoms with Gasteiger partial charge in [-0.3, -0.25) is 4.79 Å². The Morgan fingerprint density at radius 2 is 1.95 bits per heavy atom. The number of carbonyl (C=O) groups excluding carboxylic acids is 1. The number of likely N-dealkylation sites (N-methyl/N-ethyl adjacent to an activating group) is 1. The van der Waals surface area contributed by atoms with Crippen LogP contribution in [0.2, 0.25) is 0 Å². The summed E-state index contributed by atoms with van der Waals surface area (Å²) in [5, 5.41) is 0. The lowest BCUT2D eigenvalue weighted by Gasteiger charge is -2.26. The van der Waals surface area contributed by atoms with Crippen molar-refractivity contribution in [3.05, 3.63) is 0 Å². The molecular weight excluding hydrogens is 280 g/mol. The van der Waals surface area contributed by atoms with Crippen molar-refractivity contribution in [3.8, 4) is 0 Å². The molecule has 6 heteroatoms. The molecule has 2 saturated heterocycles. The van der Waals surface area contributed by atoms with Gasteiger partial charge in [0.05, 0.1) is 6.10 Å². The van der Waals surface area contributed by atoms with Crippen molar-refractivity contribution in [2.45, 2.75) is 44.3 Å². The standard InChI is InChI=1S/C14H26N2O3.ClH/c1-16(7-4-11-5-8-18-9-6-11)14(17)13-3-2-12(10-15)19-13;/h11-13H,2-10,15H2,1H3;1H/t12-,13+;/m1./s1. The van der Waals surface area contributed by atoms with Gasteiger partial charge >= 0.3 is 0 Å². The average molecular weight is 307 g/mol. The molecule has 5 nitrogen and oxygen atoms in total. The van der Waals surface area contributed by atoms with E-state index in [1.54, 1.807) is 0 Å². The van der Waals surface area contributed by atoms with E-state index in [0.717, 1.165) is 51.9 Å². The Kier molecular flexibility index (Phi) is 7.80. The number of nitrogens with two attached hydrogens (primary N) is 1. The zero-order chi connectivity index (χ0) is 13.7. The minimum absolute atomic E-state index is 0. The summed E-state index contributed by atoms with van der Waals surface area (Å²) < 4.78 is 11.0. The van der Waals surface area contributed by atoms with E-state index in [-0.39, 0.29) is 30.5 Å². The molecule has 0 aromatic rings. The molecule has 2 atom stereocenters. The summed E-state index contributed by atoms with van der Waals surface area (Å²) in [4.78, 5) is 14.0. The lowest BCUT2D eigenvalue weighted by atomic mass is 9.96. The Morgan fingerprint density at radius 1 is 1.25 bits per heavy atom. The van der Waals surface area contributed by atoms with Crippen molar-refractivity contribution in [1.29, 1.82) is 0 Å². The average Bonchev–Trinajstić information content (AvgIpc) is 2.94. The minimum atomic E-state index is -0.270. The quantitative estimate of drug-likeness (QED) is 0.828. The van der Waals surface area contributed by atoms with Crippen LogP contribution in [-0.4, -0.2) is 56.4 Å². The third kappa shape index (κ3) is 4.88. The SMILES string of the molecule is CN(CCC1CCOCC1)C(=O)[C@@H]1CC[C@H](CN)O1.Cl. The summed E-state index contributed by atoms with van der Waals surface area (Å²) in [5.74, 6) is 0.813. The van der Waals surface area contributed by atoms with Crippen molar-refractivity contribution < 1.29 is 14.3 Å². The van der Waals surface area contributed by atoms with Gasteiger partial charge in [-0.15, -0.1) is 12.4 Å². The van der Waals surface area contributed by atoms with Gasteiger partial charge in [0, 0.05) is 33.4 Å². The first-order valence-electron chi connectivity index (χ1n) is 7.39. The molecule has 2 aliphatic heterocycles. The highest BCUT2D eigenvalue weighted by Crippen LogP contribution is 2.22. The summed E-state index contributed by atoms with van der Waals surface area (Å²) >= 11 is 0. The molecule has 0 radical (unpaired) electrons. The lowest BCUT2D eigenvalue weighted by Crippen LogP contribution is -2.38. The molecule has 0 aromatic carbocycles. The second-order valence-electron chi connectivity index (χ2n) is 5.66. The summed E-state index contributed by atoms with van der Waals surface area (Å²) in [7, 11) is 1.88. The Morgan fingerprint density at radius 3 is 2.55 bits per heavy atom. The number of hydrogen-bond acceptors (Lipinski definition) is 4. The predicted octanol–water partition coefficient (Wildman–Crippen LogP) is 1.19. The summed E-state index contributed by atoms with van der Waals surface area (Å²) in [6, 6.07) is 0. The van der Waals surface area contributed by atoms with Gasteiger partial charge in [-0.2, -0.15) is 0 Å². The molecule has 0 spiro atoms. The molecular formula is C14H27ClN2O3. The maximum atomic E-state index is 12.2. The molecule has 0 bridgehead atoms. The molecule has 2 fully saturated rings. The van der Waals surface area contributed by atoms with Crippen LogP contribution in [0.5, 0.6) is 0 Å². The van der Waals surface area contributed by atoms with E-state index in [0.29, 0.717) is 12.5 Å². The first-order chi connectivity index (χ1) is 9.20. The molecule has 0 saturated carbocycles. The van der Waals surface area contributed by atoms with Crippen LogP contribution >= 0.6 is 12.4 Å². The molecule has 1 amide bonds. The molecule has 20 heavy (non-hydrogen) atoms. The van der Waals surface area contributed by atoms with Crippen LogP contribution in [0, 0.1) is 5.92 Å². The Bertz CT molecular complexity index is 298. The summed E-state index contributed by atoms with van der Waals surface area (Å²) in [5.41, 5.74) is 5.57. The number of rotatable bonds is 5. The van der Waals surface area contributed by atoms with E-state index in [1.165, 1.54) is 0 Å². The van der Waals surface area contributed by atoms with Crippen LogP contribution in [0.25, 0.3) is 0 Å². The van der Waals surface area contributed by atoms with Gasteiger partial charge in [0.2, 0.25) is 0 Å². The third-order valence-corrected chi connectivity index (χ3v) is 4.24. The van der Waals surface area contributed by atoms with Crippen LogP contribution in [-0.2, 0) is 14.3 Å².